The number of methoxy groups -OCH3 is 1. The van der Waals surface area contributed by atoms with Gasteiger partial charge < -0.3 is 20.1 Å². The van der Waals surface area contributed by atoms with Gasteiger partial charge in [0.1, 0.15) is 6.10 Å². The zero-order chi connectivity index (χ0) is 15.2. The zero-order valence-electron chi connectivity index (χ0n) is 12.9. The van der Waals surface area contributed by atoms with Gasteiger partial charge in [0.05, 0.1) is 13.7 Å². The van der Waals surface area contributed by atoms with Gasteiger partial charge in [0.15, 0.2) is 11.5 Å². The fraction of sp³-hybridized carbons (Fsp3) is 0.562. The van der Waals surface area contributed by atoms with Crippen molar-refractivity contribution < 1.29 is 14.3 Å². The maximum Gasteiger partial charge on any atom is 0.315 e. The SMILES string of the molecule is COc1ccccc1OC(C)CNC(=O)NC(C)C1CC1. The van der Waals surface area contributed by atoms with E-state index in [9.17, 15) is 4.79 Å². The molecule has 0 aromatic heterocycles. The van der Waals surface area contributed by atoms with Crippen molar-refractivity contribution in [3.63, 3.8) is 0 Å². The average molecular weight is 292 g/mol. The van der Waals surface area contributed by atoms with Crippen LogP contribution in [0.5, 0.6) is 11.5 Å². The van der Waals surface area contributed by atoms with Crippen molar-refractivity contribution in [3.05, 3.63) is 24.3 Å². The number of hydrogen-bond donors (Lipinski definition) is 2. The average Bonchev–Trinajstić information content (AvgIpc) is 3.30. The molecule has 1 fully saturated rings. The van der Waals surface area contributed by atoms with E-state index < -0.39 is 0 Å². The Kier molecular flexibility index (Phi) is 5.31. The molecule has 0 aliphatic heterocycles. The first-order valence-corrected chi connectivity index (χ1v) is 7.44. The number of nitrogens with one attached hydrogen (secondary N) is 2. The zero-order valence-corrected chi connectivity index (χ0v) is 12.9. The Morgan fingerprint density at radius 1 is 1.29 bits per heavy atom. The van der Waals surface area contributed by atoms with Gasteiger partial charge in [-0.25, -0.2) is 4.79 Å². The Bertz CT molecular complexity index is 474. The first kappa shape index (κ1) is 15.5. The topological polar surface area (TPSA) is 59.6 Å². The number of carbonyl (C=O) groups is 1. The fourth-order valence-electron chi connectivity index (χ4n) is 2.18. The first-order chi connectivity index (χ1) is 10.1. The summed E-state index contributed by atoms with van der Waals surface area (Å²) < 4.78 is 11.0. The number of hydrogen-bond acceptors (Lipinski definition) is 3. The molecule has 2 rings (SSSR count). The molecule has 21 heavy (non-hydrogen) atoms. The van der Waals surface area contributed by atoms with Crippen LogP contribution >= 0.6 is 0 Å². The summed E-state index contributed by atoms with van der Waals surface area (Å²) >= 11 is 0. The monoisotopic (exact) mass is 292 g/mol. The minimum atomic E-state index is -0.136. The van der Waals surface area contributed by atoms with Crippen LogP contribution in [0.25, 0.3) is 0 Å². The maximum absolute atomic E-state index is 11.8. The Hall–Kier alpha value is -1.91. The number of benzene rings is 1. The molecule has 2 atom stereocenters. The van der Waals surface area contributed by atoms with Gasteiger partial charge in [-0.2, -0.15) is 0 Å². The second kappa shape index (κ2) is 7.20. The van der Waals surface area contributed by atoms with Crippen molar-refractivity contribution in [2.24, 2.45) is 5.92 Å². The molecule has 2 N–H and O–H groups in total. The number of amides is 2. The molecule has 0 heterocycles. The van der Waals surface area contributed by atoms with Gasteiger partial charge >= 0.3 is 6.03 Å². The lowest BCUT2D eigenvalue weighted by Gasteiger charge is -2.18. The number of para-hydroxylation sites is 2. The van der Waals surface area contributed by atoms with Crippen molar-refractivity contribution >= 4 is 6.03 Å². The Balaban J connectivity index is 1.73. The summed E-state index contributed by atoms with van der Waals surface area (Å²) in [6.45, 7) is 4.41. The molecular formula is C16H24N2O3. The van der Waals surface area contributed by atoms with Crippen molar-refractivity contribution in [1.29, 1.82) is 0 Å². The highest BCUT2D eigenvalue weighted by atomic mass is 16.5. The molecule has 5 heteroatoms. The summed E-state index contributed by atoms with van der Waals surface area (Å²) in [7, 11) is 1.61. The Morgan fingerprint density at radius 2 is 1.95 bits per heavy atom. The summed E-state index contributed by atoms with van der Waals surface area (Å²) in [5.41, 5.74) is 0. The van der Waals surface area contributed by atoms with Crippen molar-refractivity contribution in [2.45, 2.75) is 38.8 Å². The molecular weight excluding hydrogens is 268 g/mol. The molecule has 1 aliphatic rings. The summed E-state index contributed by atoms with van der Waals surface area (Å²) in [5, 5.41) is 5.79. The largest absolute Gasteiger partial charge is 0.493 e. The highest BCUT2D eigenvalue weighted by molar-refractivity contribution is 5.74. The third-order valence-electron chi connectivity index (χ3n) is 3.64. The highest BCUT2D eigenvalue weighted by Gasteiger charge is 2.28. The fourth-order valence-corrected chi connectivity index (χ4v) is 2.18. The Labute approximate surface area is 126 Å². The summed E-state index contributed by atoms with van der Waals surface area (Å²) in [6.07, 6.45) is 2.30. The van der Waals surface area contributed by atoms with Crippen molar-refractivity contribution in [2.75, 3.05) is 13.7 Å². The second-order valence-corrected chi connectivity index (χ2v) is 5.56. The molecule has 1 aromatic carbocycles. The van der Waals surface area contributed by atoms with E-state index in [4.69, 9.17) is 9.47 Å². The van der Waals surface area contributed by atoms with E-state index in [1.54, 1.807) is 7.11 Å². The molecule has 1 aromatic rings. The van der Waals surface area contributed by atoms with E-state index in [1.807, 2.05) is 38.1 Å². The summed E-state index contributed by atoms with van der Waals surface area (Å²) in [4.78, 5) is 11.8. The van der Waals surface area contributed by atoms with Crippen molar-refractivity contribution in [3.8, 4) is 11.5 Å². The van der Waals surface area contributed by atoms with Crippen LogP contribution in [0.15, 0.2) is 24.3 Å². The first-order valence-electron chi connectivity index (χ1n) is 7.44. The standard InChI is InChI=1S/C16H24N2O3/c1-11(21-15-7-5-4-6-14(15)20-3)10-17-16(19)18-12(2)13-8-9-13/h4-7,11-13H,8-10H2,1-3H3,(H2,17,18,19). The minimum absolute atomic E-state index is 0.134. The lowest BCUT2D eigenvalue weighted by molar-refractivity contribution is 0.200. The van der Waals surface area contributed by atoms with Gasteiger partial charge in [0.25, 0.3) is 0 Å². The number of urea groups is 1. The van der Waals surface area contributed by atoms with Gasteiger partial charge in [-0.1, -0.05) is 12.1 Å². The van der Waals surface area contributed by atoms with Crippen LogP contribution in [0.4, 0.5) is 4.79 Å². The normalized spacial score (nSPS) is 16.7. The lowest BCUT2D eigenvalue weighted by Crippen LogP contribution is -2.44. The van der Waals surface area contributed by atoms with Gasteiger partial charge in [-0.05, 0) is 44.7 Å². The number of carbonyl (C=O) groups excluding carboxylic acids is 1. The second-order valence-electron chi connectivity index (χ2n) is 5.56. The van der Waals surface area contributed by atoms with Crippen LogP contribution in [-0.2, 0) is 0 Å². The molecule has 1 saturated carbocycles. The van der Waals surface area contributed by atoms with Crippen LogP contribution < -0.4 is 20.1 Å². The van der Waals surface area contributed by atoms with Crippen LogP contribution in [0.2, 0.25) is 0 Å². The van der Waals surface area contributed by atoms with E-state index in [0.717, 1.165) is 0 Å². The van der Waals surface area contributed by atoms with Crippen molar-refractivity contribution in [1.82, 2.24) is 10.6 Å². The Morgan fingerprint density at radius 3 is 2.57 bits per heavy atom. The van der Waals surface area contributed by atoms with Crippen LogP contribution in [0.3, 0.4) is 0 Å². The highest BCUT2D eigenvalue weighted by Crippen LogP contribution is 2.32. The van der Waals surface area contributed by atoms with E-state index in [1.165, 1.54) is 12.8 Å². The van der Waals surface area contributed by atoms with Crippen LogP contribution in [-0.4, -0.2) is 31.8 Å². The van der Waals surface area contributed by atoms with Gasteiger partial charge in [-0.3, -0.25) is 0 Å². The predicted molar refractivity (Wildman–Crippen MR) is 81.8 cm³/mol. The molecule has 0 bridgehead atoms. The molecule has 5 nitrogen and oxygen atoms in total. The van der Waals surface area contributed by atoms with E-state index >= 15 is 0 Å². The third kappa shape index (κ3) is 4.85. The van der Waals surface area contributed by atoms with E-state index in [0.29, 0.717) is 24.0 Å². The predicted octanol–water partition coefficient (Wildman–Crippen LogP) is 2.56. The minimum Gasteiger partial charge on any atom is -0.493 e. The maximum atomic E-state index is 11.8. The third-order valence-corrected chi connectivity index (χ3v) is 3.64. The van der Waals surface area contributed by atoms with Gasteiger partial charge in [0.2, 0.25) is 0 Å². The molecule has 2 unspecified atom stereocenters. The van der Waals surface area contributed by atoms with Crippen LogP contribution in [0.1, 0.15) is 26.7 Å². The summed E-state index contributed by atoms with van der Waals surface area (Å²) in [5.74, 6) is 2.02. The molecule has 116 valence electrons. The van der Waals surface area contributed by atoms with Gasteiger partial charge in [-0.15, -0.1) is 0 Å². The van der Waals surface area contributed by atoms with E-state index in [-0.39, 0.29) is 18.2 Å². The lowest BCUT2D eigenvalue weighted by atomic mass is 10.2. The van der Waals surface area contributed by atoms with Gasteiger partial charge in [0, 0.05) is 6.04 Å². The molecule has 0 spiro atoms. The molecule has 1 aliphatic carbocycles. The molecule has 0 radical (unpaired) electrons. The number of rotatable bonds is 7. The summed E-state index contributed by atoms with van der Waals surface area (Å²) in [6, 6.07) is 7.59. The quantitative estimate of drug-likeness (QED) is 0.812. The molecule has 2 amide bonds. The van der Waals surface area contributed by atoms with Crippen LogP contribution in [0, 0.1) is 5.92 Å². The number of ether oxygens (including phenoxy) is 2. The molecule has 0 saturated heterocycles. The van der Waals surface area contributed by atoms with E-state index in [2.05, 4.69) is 10.6 Å². The smallest absolute Gasteiger partial charge is 0.315 e.